The summed E-state index contributed by atoms with van der Waals surface area (Å²) in [6.45, 7) is 1.81. The van der Waals surface area contributed by atoms with Gasteiger partial charge in [-0.2, -0.15) is 18.3 Å². The minimum atomic E-state index is -4.48. The fourth-order valence-corrected chi connectivity index (χ4v) is 3.38. The molecule has 0 radical (unpaired) electrons. The fraction of sp³-hybridized carbons (Fsp3) is 0.529. The van der Waals surface area contributed by atoms with Gasteiger partial charge in [-0.05, 0) is 44.7 Å². The van der Waals surface area contributed by atoms with Gasteiger partial charge in [0.15, 0.2) is 0 Å². The molecule has 0 saturated heterocycles. The average Bonchev–Trinajstić information content (AvgIpc) is 2.91. The van der Waals surface area contributed by atoms with Crippen molar-refractivity contribution < 1.29 is 18.3 Å². The lowest BCUT2D eigenvalue weighted by Crippen LogP contribution is -2.35. The summed E-state index contributed by atoms with van der Waals surface area (Å²) in [6.07, 6.45) is -0.249. The lowest BCUT2D eigenvalue weighted by Gasteiger charge is -2.34. The highest BCUT2D eigenvalue weighted by molar-refractivity contribution is 6.29. The summed E-state index contributed by atoms with van der Waals surface area (Å²) in [4.78, 5) is 3.99. The van der Waals surface area contributed by atoms with Gasteiger partial charge in [-0.15, -0.1) is 0 Å². The van der Waals surface area contributed by atoms with E-state index >= 15 is 0 Å². The number of rotatable bonds is 3. The molecule has 26 heavy (non-hydrogen) atoms. The summed E-state index contributed by atoms with van der Waals surface area (Å²) in [5, 5.41) is 17.6. The number of alkyl halides is 3. The topological polar surface area (TPSA) is 63.0 Å². The molecule has 9 heteroatoms. The molecule has 0 aromatic carbocycles. The Morgan fingerprint density at radius 1 is 1.31 bits per heavy atom. The van der Waals surface area contributed by atoms with E-state index in [1.54, 1.807) is 6.07 Å². The van der Waals surface area contributed by atoms with Crippen LogP contribution in [-0.2, 0) is 13.2 Å². The van der Waals surface area contributed by atoms with E-state index in [1.807, 2.05) is 6.92 Å². The number of hydrogen-bond acceptors (Lipinski definition) is 4. The van der Waals surface area contributed by atoms with Crippen LogP contribution in [0.15, 0.2) is 18.3 Å². The Kier molecular flexibility index (Phi) is 4.92. The molecule has 0 bridgehead atoms. The van der Waals surface area contributed by atoms with E-state index in [9.17, 15) is 18.3 Å². The standard InChI is InChI=1S/C17H20ClF3N4O/c1-16(26)5-3-10(4-6-16)23-12-8-15(18)22-9-11(12)13-7-14(17(19,20)21)25(2)24-13/h7-10,26H,3-6H2,1-2H3,(H,22,23). The molecule has 0 spiro atoms. The van der Waals surface area contributed by atoms with Crippen LogP contribution in [0.2, 0.25) is 5.15 Å². The molecule has 2 N–H and O–H groups in total. The van der Waals surface area contributed by atoms with E-state index in [4.69, 9.17) is 11.6 Å². The highest BCUT2D eigenvalue weighted by atomic mass is 35.5. The minimum Gasteiger partial charge on any atom is -0.390 e. The van der Waals surface area contributed by atoms with Gasteiger partial charge in [-0.25, -0.2) is 4.98 Å². The SMILES string of the molecule is Cn1nc(-c2cnc(Cl)cc2NC2CCC(C)(O)CC2)cc1C(F)(F)F. The Morgan fingerprint density at radius 3 is 2.54 bits per heavy atom. The van der Waals surface area contributed by atoms with Gasteiger partial charge in [0.1, 0.15) is 10.8 Å². The van der Waals surface area contributed by atoms with E-state index in [1.165, 1.54) is 13.2 Å². The third-order valence-corrected chi connectivity index (χ3v) is 4.95. The Hall–Kier alpha value is -1.80. The van der Waals surface area contributed by atoms with Crippen molar-refractivity contribution in [3.63, 3.8) is 0 Å². The number of aryl methyl sites for hydroxylation is 1. The molecule has 3 rings (SSSR count). The molecule has 0 unspecified atom stereocenters. The molecule has 1 aliphatic carbocycles. The van der Waals surface area contributed by atoms with Crippen LogP contribution in [0.1, 0.15) is 38.3 Å². The quantitative estimate of drug-likeness (QED) is 0.771. The second-order valence-corrected chi connectivity index (χ2v) is 7.39. The van der Waals surface area contributed by atoms with E-state index in [0.29, 0.717) is 24.1 Å². The van der Waals surface area contributed by atoms with Crippen LogP contribution >= 0.6 is 11.6 Å². The number of nitrogens with zero attached hydrogens (tertiary/aromatic N) is 3. The van der Waals surface area contributed by atoms with Gasteiger partial charge in [0, 0.05) is 30.5 Å². The molecule has 5 nitrogen and oxygen atoms in total. The lowest BCUT2D eigenvalue weighted by molar-refractivity contribution is -0.143. The summed E-state index contributed by atoms with van der Waals surface area (Å²) < 4.78 is 40.0. The van der Waals surface area contributed by atoms with Crippen molar-refractivity contribution in [3.05, 3.63) is 29.2 Å². The first-order chi connectivity index (χ1) is 12.0. The van der Waals surface area contributed by atoms with Crippen LogP contribution in [-0.4, -0.2) is 31.5 Å². The minimum absolute atomic E-state index is 0.0956. The third-order valence-electron chi connectivity index (χ3n) is 4.74. The molecule has 2 aromatic heterocycles. The highest BCUT2D eigenvalue weighted by Gasteiger charge is 2.35. The zero-order valence-corrected chi connectivity index (χ0v) is 15.2. The van der Waals surface area contributed by atoms with Crippen LogP contribution in [0.25, 0.3) is 11.3 Å². The van der Waals surface area contributed by atoms with Crippen LogP contribution in [0.3, 0.4) is 0 Å². The Morgan fingerprint density at radius 2 is 1.96 bits per heavy atom. The maximum absolute atomic E-state index is 13.1. The molecule has 2 aromatic rings. The molecule has 142 valence electrons. The molecule has 0 amide bonds. The molecule has 1 saturated carbocycles. The van der Waals surface area contributed by atoms with Gasteiger partial charge >= 0.3 is 6.18 Å². The second kappa shape index (κ2) is 6.74. The van der Waals surface area contributed by atoms with E-state index in [0.717, 1.165) is 23.6 Å². The highest BCUT2D eigenvalue weighted by Crippen LogP contribution is 2.36. The number of hydrogen-bond donors (Lipinski definition) is 2. The Labute approximate surface area is 154 Å². The number of anilines is 1. The molecule has 1 aliphatic rings. The van der Waals surface area contributed by atoms with Gasteiger partial charge in [-0.1, -0.05) is 11.6 Å². The summed E-state index contributed by atoms with van der Waals surface area (Å²) in [6, 6.07) is 2.69. The monoisotopic (exact) mass is 388 g/mol. The van der Waals surface area contributed by atoms with Crippen molar-refractivity contribution in [2.75, 3.05) is 5.32 Å². The maximum Gasteiger partial charge on any atom is 0.433 e. The predicted octanol–water partition coefficient (Wildman–Crippen LogP) is 4.26. The van der Waals surface area contributed by atoms with Crippen molar-refractivity contribution in [1.82, 2.24) is 14.8 Å². The Balaban J connectivity index is 1.90. The molecule has 0 atom stereocenters. The summed E-state index contributed by atoms with van der Waals surface area (Å²) in [5.41, 5.74) is -0.280. The normalized spacial score (nSPS) is 23.9. The van der Waals surface area contributed by atoms with Crippen LogP contribution in [0, 0.1) is 0 Å². The number of pyridine rings is 1. The van der Waals surface area contributed by atoms with Crippen LogP contribution in [0.4, 0.5) is 18.9 Å². The number of aliphatic hydroxyl groups is 1. The zero-order chi connectivity index (χ0) is 19.1. The zero-order valence-electron chi connectivity index (χ0n) is 14.4. The van der Waals surface area contributed by atoms with Crippen molar-refractivity contribution in [3.8, 4) is 11.3 Å². The number of aromatic nitrogens is 3. The number of halogens is 4. The summed E-state index contributed by atoms with van der Waals surface area (Å²) >= 11 is 5.98. The smallest absolute Gasteiger partial charge is 0.390 e. The van der Waals surface area contributed by atoms with Gasteiger partial charge < -0.3 is 10.4 Å². The molecule has 1 fully saturated rings. The van der Waals surface area contributed by atoms with E-state index in [2.05, 4.69) is 15.4 Å². The fourth-order valence-electron chi connectivity index (χ4n) is 3.22. The predicted molar refractivity (Wildman–Crippen MR) is 93.0 cm³/mol. The third kappa shape index (κ3) is 4.12. The first-order valence-corrected chi connectivity index (χ1v) is 8.69. The first kappa shape index (κ1) is 19.0. The van der Waals surface area contributed by atoms with Gasteiger partial charge in [0.2, 0.25) is 0 Å². The molecular weight excluding hydrogens is 369 g/mol. The lowest BCUT2D eigenvalue weighted by atomic mass is 9.83. The second-order valence-electron chi connectivity index (χ2n) is 7.00. The van der Waals surface area contributed by atoms with Crippen molar-refractivity contribution in [2.45, 2.75) is 50.4 Å². The average molecular weight is 389 g/mol. The van der Waals surface area contributed by atoms with Gasteiger partial charge in [-0.3, -0.25) is 4.68 Å². The van der Waals surface area contributed by atoms with E-state index < -0.39 is 17.5 Å². The largest absolute Gasteiger partial charge is 0.433 e. The summed E-state index contributed by atoms with van der Waals surface area (Å²) in [5.74, 6) is 0. The first-order valence-electron chi connectivity index (χ1n) is 8.31. The summed E-state index contributed by atoms with van der Waals surface area (Å²) in [7, 11) is 1.26. The van der Waals surface area contributed by atoms with Gasteiger partial charge in [0.05, 0.1) is 11.3 Å². The molecule has 0 aliphatic heterocycles. The number of nitrogens with one attached hydrogen (secondary N) is 1. The Bertz CT molecular complexity index is 794. The van der Waals surface area contributed by atoms with Crippen LogP contribution < -0.4 is 5.32 Å². The van der Waals surface area contributed by atoms with Gasteiger partial charge in [0.25, 0.3) is 0 Å². The van der Waals surface area contributed by atoms with Crippen molar-refractivity contribution in [1.29, 1.82) is 0 Å². The molecule has 2 heterocycles. The molecular formula is C17H20ClF3N4O. The van der Waals surface area contributed by atoms with Crippen LogP contribution in [0.5, 0.6) is 0 Å². The van der Waals surface area contributed by atoms with E-state index in [-0.39, 0.29) is 16.9 Å². The van der Waals surface area contributed by atoms with Crippen molar-refractivity contribution in [2.24, 2.45) is 7.05 Å². The maximum atomic E-state index is 13.1. The van der Waals surface area contributed by atoms with Crippen molar-refractivity contribution >= 4 is 17.3 Å².